The van der Waals surface area contributed by atoms with E-state index in [4.69, 9.17) is 4.74 Å². The fourth-order valence-corrected chi connectivity index (χ4v) is 2.99. The number of rotatable bonds is 6. The minimum absolute atomic E-state index is 0.187. The average molecular weight is 289 g/mol. The first-order chi connectivity index (χ1) is 9.74. The van der Waals surface area contributed by atoms with Gasteiger partial charge in [0.25, 0.3) is 0 Å². The van der Waals surface area contributed by atoms with Crippen molar-refractivity contribution in [2.75, 3.05) is 0 Å². The zero-order valence-corrected chi connectivity index (χ0v) is 12.7. The van der Waals surface area contributed by atoms with Crippen LogP contribution in [0.25, 0.3) is 0 Å². The second kappa shape index (κ2) is 7.20. The third-order valence-electron chi connectivity index (χ3n) is 3.15. The van der Waals surface area contributed by atoms with Gasteiger partial charge in [-0.3, -0.25) is 4.79 Å². The fourth-order valence-electron chi connectivity index (χ4n) is 1.92. The van der Waals surface area contributed by atoms with Crippen LogP contribution >= 0.6 is 11.3 Å². The molecule has 4 heteroatoms. The molecule has 3 nitrogen and oxygen atoms in total. The molecule has 0 aliphatic carbocycles. The van der Waals surface area contributed by atoms with Gasteiger partial charge < -0.3 is 4.74 Å². The summed E-state index contributed by atoms with van der Waals surface area (Å²) in [6.45, 7) is 4.37. The zero-order valence-electron chi connectivity index (χ0n) is 11.8. The van der Waals surface area contributed by atoms with Crippen LogP contribution in [0, 0.1) is 0 Å². The Morgan fingerprint density at radius 2 is 2.05 bits per heavy atom. The topological polar surface area (TPSA) is 39.2 Å². The molecule has 106 valence electrons. The van der Waals surface area contributed by atoms with Crippen LogP contribution in [0.3, 0.4) is 0 Å². The Morgan fingerprint density at radius 3 is 2.65 bits per heavy atom. The molecule has 0 amide bonds. The molecule has 0 radical (unpaired) electrons. The number of aryl methyl sites for hydroxylation is 1. The molecule has 0 aliphatic rings. The highest BCUT2D eigenvalue weighted by molar-refractivity contribution is 7.09. The number of carbonyl (C=O) groups excluding carboxylic acids is 1. The monoisotopic (exact) mass is 289 g/mol. The number of thiazole rings is 1. The maximum absolute atomic E-state index is 12.2. The summed E-state index contributed by atoms with van der Waals surface area (Å²) in [5.41, 5.74) is 2.04. The lowest BCUT2D eigenvalue weighted by atomic mass is 10.1. The smallest absolute Gasteiger partial charge is 0.316 e. The van der Waals surface area contributed by atoms with E-state index in [0.29, 0.717) is 13.0 Å². The van der Waals surface area contributed by atoms with E-state index in [1.165, 1.54) is 0 Å². The van der Waals surface area contributed by atoms with E-state index in [1.807, 2.05) is 42.6 Å². The highest BCUT2D eigenvalue weighted by Gasteiger charge is 2.23. The Bertz CT molecular complexity index is 551. The minimum Gasteiger partial charge on any atom is -0.460 e. The average Bonchev–Trinajstić information content (AvgIpc) is 2.96. The van der Waals surface area contributed by atoms with Crippen molar-refractivity contribution in [2.45, 2.75) is 39.2 Å². The van der Waals surface area contributed by atoms with Crippen molar-refractivity contribution in [3.05, 3.63) is 52.0 Å². The van der Waals surface area contributed by atoms with Gasteiger partial charge >= 0.3 is 5.97 Å². The molecule has 0 aliphatic heterocycles. The summed E-state index contributed by atoms with van der Waals surface area (Å²) in [5, 5.41) is 2.88. The SMILES string of the molecule is CCc1csc(C(CC)C(=O)OCc2ccccc2)n1. The van der Waals surface area contributed by atoms with Gasteiger partial charge in [0.05, 0.1) is 5.69 Å². The molecule has 0 N–H and O–H groups in total. The summed E-state index contributed by atoms with van der Waals surface area (Å²) < 4.78 is 5.41. The minimum atomic E-state index is -0.246. The van der Waals surface area contributed by atoms with Crippen LogP contribution in [0.15, 0.2) is 35.7 Å². The summed E-state index contributed by atoms with van der Waals surface area (Å²) in [6.07, 6.45) is 1.61. The van der Waals surface area contributed by atoms with Crippen LogP contribution < -0.4 is 0 Å². The normalized spacial score (nSPS) is 12.1. The molecule has 2 rings (SSSR count). The van der Waals surface area contributed by atoms with Gasteiger partial charge in [0.2, 0.25) is 0 Å². The lowest BCUT2D eigenvalue weighted by molar-refractivity contribution is -0.146. The van der Waals surface area contributed by atoms with Crippen LogP contribution in [-0.4, -0.2) is 11.0 Å². The molecule has 1 atom stereocenters. The standard InChI is InChI=1S/C16H19NO2S/c1-3-13-11-20-15(17-13)14(4-2)16(18)19-10-12-8-6-5-7-9-12/h5-9,11,14H,3-4,10H2,1-2H3. The number of ether oxygens (including phenoxy) is 1. The van der Waals surface area contributed by atoms with E-state index in [0.717, 1.165) is 22.7 Å². The molecule has 2 aromatic rings. The molecule has 1 unspecified atom stereocenters. The Morgan fingerprint density at radius 1 is 1.30 bits per heavy atom. The van der Waals surface area contributed by atoms with Crippen LogP contribution in [0.4, 0.5) is 0 Å². The molecule has 0 bridgehead atoms. The number of nitrogens with zero attached hydrogens (tertiary/aromatic N) is 1. The molecule has 1 aromatic carbocycles. The van der Waals surface area contributed by atoms with Crippen molar-refractivity contribution in [3.63, 3.8) is 0 Å². The van der Waals surface area contributed by atoms with E-state index >= 15 is 0 Å². The van der Waals surface area contributed by atoms with Gasteiger partial charge in [-0.2, -0.15) is 0 Å². The molecular formula is C16H19NO2S. The first-order valence-electron chi connectivity index (χ1n) is 6.89. The van der Waals surface area contributed by atoms with Crippen LogP contribution in [0.2, 0.25) is 0 Å². The van der Waals surface area contributed by atoms with E-state index in [9.17, 15) is 4.79 Å². The van der Waals surface area contributed by atoms with E-state index in [2.05, 4.69) is 11.9 Å². The number of carbonyl (C=O) groups is 1. The van der Waals surface area contributed by atoms with Gasteiger partial charge in [-0.1, -0.05) is 44.2 Å². The van der Waals surface area contributed by atoms with E-state index < -0.39 is 0 Å². The third-order valence-corrected chi connectivity index (χ3v) is 4.15. The molecule has 1 aromatic heterocycles. The van der Waals surface area contributed by atoms with Gasteiger partial charge in [-0.15, -0.1) is 11.3 Å². The fraction of sp³-hybridized carbons (Fsp3) is 0.375. The summed E-state index contributed by atoms with van der Waals surface area (Å²) in [4.78, 5) is 16.7. The maximum Gasteiger partial charge on any atom is 0.316 e. The molecule has 20 heavy (non-hydrogen) atoms. The highest BCUT2D eigenvalue weighted by Crippen LogP contribution is 2.25. The Hall–Kier alpha value is -1.68. The van der Waals surface area contributed by atoms with Crippen molar-refractivity contribution in [1.29, 1.82) is 0 Å². The quantitative estimate of drug-likeness (QED) is 0.756. The summed E-state index contributed by atoms with van der Waals surface area (Å²) >= 11 is 1.54. The number of hydrogen-bond acceptors (Lipinski definition) is 4. The number of benzene rings is 1. The lowest BCUT2D eigenvalue weighted by Crippen LogP contribution is -2.15. The maximum atomic E-state index is 12.2. The predicted molar refractivity (Wildman–Crippen MR) is 80.8 cm³/mol. The summed E-state index contributed by atoms with van der Waals surface area (Å²) in [7, 11) is 0. The van der Waals surface area contributed by atoms with Crippen molar-refractivity contribution >= 4 is 17.3 Å². The highest BCUT2D eigenvalue weighted by atomic mass is 32.1. The van der Waals surface area contributed by atoms with Gasteiger partial charge in [-0.05, 0) is 18.4 Å². The summed E-state index contributed by atoms with van der Waals surface area (Å²) in [6, 6.07) is 9.73. The lowest BCUT2D eigenvalue weighted by Gasteiger charge is -2.11. The van der Waals surface area contributed by atoms with Gasteiger partial charge in [0.15, 0.2) is 0 Å². The zero-order chi connectivity index (χ0) is 14.4. The number of aromatic nitrogens is 1. The van der Waals surface area contributed by atoms with Crippen LogP contribution in [0.1, 0.15) is 42.5 Å². The Balaban J connectivity index is 1.98. The Kier molecular flexibility index (Phi) is 5.30. The van der Waals surface area contributed by atoms with Gasteiger partial charge in [0, 0.05) is 5.38 Å². The van der Waals surface area contributed by atoms with Crippen LogP contribution in [-0.2, 0) is 22.6 Å². The van der Waals surface area contributed by atoms with Crippen LogP contribution in [0.5, 0.6) is 0 Å². The molecule has 0 saturated heterocycles. The second-order valence-corrected chi connectivity index (χ2v) is 5.47. The molecule has 0 spiro atoms. The van der Waals surface area contributed by atoms with E-state index in [1.54, 1.807) is 11.3 Å². The Labute approximate surface area is 123 Å². The molecule has 1 heterocycles. The molecule has 0 saturated carbocycles. The number of hydrogen-bond donors (Lipinski definition) is 0. The first-order valence-corrected chi connectivity index (χ1v) is 7.77. The molecule has 0 fully saturated rings. The van der Waals surface area contributed by atoms with Crippen molar-refractivity contribution in [2.24, 2.45) is 0 Å². The largest absolute Gasteiger partial charge is 0.460 e. The van der Waals surface area contributed by atoms with Gasteiger partial charge in [0.1, 0.15) is 17.5 Å². The van der Waals surface area contributed by atoms with Gasteiger partial charge in [-0.25, -0.2) is 4.98 Å². The summed E-state index contributed by atoms with van der Waals surface area (Å²) in [5.74, 6) is -0.433. The third kappa shape index (κ3) is 3.67. The predicted octanol–water partition coefficient (Wildman–Crippen LogP) is 3.94. The van der Waals surface area contributed by atoms with Crippen molar-refractivity contribution in [1.82, 2.24) is 4.98 Å². The van der Waals surface area contributed by atoms with E-state index in [-0.39, 0.29) is 11.9 Å². The van der Waals surface area contributed by atoms with Crippen molar-refractivity contribution in [3.8, 4) is 0 Å². The first kappa shape index (κ1) is 14.7. The second-order valence-electron chi connectivity index (χ2n) is 4.58. The molecular weight excluding hydrogens is 270 g/mol. The number of esters is 1. The van der Waals surface area contributed by atoms with Crippen molar-refractivity contribution < 1.29 is 9.53 Å².